The Morgan fingerprint density at radius 1 is 0.400 bits per heavy atom. The van der Waals surface area contributed by atoms with E-state index in [4.69, 9.17) is 0 Å². The molecule has 0 amide bonds. The van der Waals surface area contributed by atoms with Gasteiger partial charge in [-0.15, -0.1) is 37.2 Å². The molecule has 0 spiro atoms. The van der Waals surface area contributed by atoms with Crippen molar-refractivity contribution in [1.29, 1.82) is 0 Å². The van der Waals surface area contributed by atoms with Gasteiger partial charge in [0.05, 0.1) is 0 Å². The van der Waals surface area contributed by atoms with Gasteiger partial charge in [-0.2, -0.15) is 0 Å². The Morgan fingerprint density at radius 2 is 0.400 bits per heavy atom. The van der Waals surface area contributed by atoms with Gasteiger partial charge in [-0.05, 0) is 0 Å². The third kappa shape index (κ3) is 23.0. The monoisotopic (exact) mass is 252 g/mol. The zero-order valence-electron chi connectivity index (χ0n) is 1.22. The molecule has 0 unspecified atom stereocenters. The number of hydrogen-bond acceptors (Lipinski definition) is 0. The molecule has 5 heteroatoms. The number of hydrogen-bond donors (Lipinski definition) is 0. The van der Waals surface area contributed by atoms with E-state index in [-0.39, 0.29) is 76.8 Å². The fourth-order valence-corrected chi connectivity index (χ4v) is 0. The first kappa shape index (κ1) is 58.7. The van der Waals surface area contributed by atoms with Crippen LogP contribution in [-0.4, -0.2) is 39.6 Å². The summed E-state index contributed by atoms with van der Waals surface area (Å²) in [7, 11) is 0. The van der Waals surface area contributed by atoms with Crippen molar-refractivity contribution < 1.29 is 0 Å². The molecule has 0 aromatic heterocycles. The van der Waals surface area contributed by atoms with Gasteiger partial charge in [0.1, 0.15) is 0 Å². The Hall–Kier alpha value is 2.14. The normalized spacial score (nSPS) is 0. The predicted molar refractivity (Wildman–Crippen MR) is 41.6 cm³/mol. The standard InChI is InChI=1S/3ClH.2Ga.6H/h3*1H;;;;;;;;. The molecular formula is H9Cl3Ga2. The summed E-state index contributed by atoms with van der Waals surface area (Å²) in [6.07, 6.45) is 0. The van der Waals surface area contributed by atoms with Crippen molar-refractivity contribution in [2.45, 2.75) is 0 Å². The molecule has 0 fully saturated rings. The molecule has 5 heavy (non-hydrogen) atoms. The summed E-state index contributed by atoms with van der Waals surface area (Å²) in [5, 5.41) is 0. The fraction of sp³-hybridized carbons (Fsp3) is 0. The van der Waals surface area contributed by atoms with Crippen LogP contribution in [0.1, 0.15) is 0 Å². The zero-order chi connectivity index (χ0) is 0. The quantitative estimate of drug-likeness (QED) is 0.482. The Balaban J connectivity index is 0. The second-order valence-electron chi connectivity index (χ2n) is 0. The summed E-state index contributed by atoms with van der Waals surface area (Å²) in [6, 6.07) is 0. The van der Waals surface area contributed by atoms with Crippen LogP contribution in [0.3, 0.4) is 0 Å². The third-order valence-corrected chi connectivity index (χ3v) is 0. The van der Waals surface area contributed by atoms with Crippen molar-refractivity contribution in [3.8, 4) is 0 Å². The Labute approximate surface area is 76.2 Å². The van der Waals surface area contributed by atoms with Gasteiger partial charge >= 0.3 is 39.6 Å². The minimum absolute atomic E-state index is 0. The van der Waals surface area contributed by atoms with Crippen LogP contribution in [0.25, 0.3) is 0 Å². The molecule has 0 aliphatic rings. The van der Waals surface area contributed by atoms with Crippen molar-refractivity contribution >= 4 is 76.8 Å². The molecule has 0 bridgehead atoms. The first-order chi connectivity index (χ1) is 0. The Morgan fingerprint density at radius 3 is 0.400 bits per heavy atom. The Kier molecular flexibility index (Phi) is 415. The summed E-state index contributed by atoms with van der Waals surface area (Å²) < 4.78 is 0. The minimum atomic E-state index is 0. The van der Waals surface area contributed by atoms with Crippen molar-refractivity contribution in [3.05, 3.63) is 0 Å². The molecule has 0 aromatic rings. The second-order valence-corrected chi connectivity index (χ2v) is 0. The SMILES string of the molecule is Cl.Cl.Cl.[GaH3].[GaH3]. The average molecular weight is 255 g/mol. The maximum absolute atomic E-state index is 0. The molecule has 0 N–H and O–H groups in total. The van der Waals surface area contributed by atoms with Crippen LogP contribution in [0.4, 0.5) is 0 Å². The molecule has 0 saturated heterocycles. The third-order valence-electron chi connectivity index (χ3n) is 0. The van der Waals surface area contributed by atoms with Gasteiger partial charge in [0.15, 0.2) is 0 Å². The zero-order valence-corrected chi connectivity index (χ0v) is 3.67. The van der Waals surface area contributed by atoms with Gasteiger partial charge in [0.25, 0.3) is 0 Å². The van der Waals surface area contributed by atoms with Crippen molar-refractivity contribution in [2.75, 3.05) is 0 Å². The molecule has 36 valence electrons. The molecule has 0 saturated carbocycles. The van der Waals surface area contributed by atoms with E-state index in [2.05, 4.69) is 0 Å². The van der Waals surface area contributed by atoms with Crippen LogP contribution in [0.2, 0.25) is 0 Å². The second kappa shape index (κ2) is 35.4. The summed E-state index contributed by atoms with van der Waals surface area (Å²) in [5.41, 5.74) is 0. The average Bonchev–Trinajstić information content (AvgIpc) is 0. The van der Waals surface area contributed by atoms with Crippen LogP contribution in [-0.2, 0) is 0 Å². The molecule has 0 nitrogen and oxygen atoms in total. The molecule has 0 radical (unpaired) electrons. The molecule has 0 aromatic carbocycles. The van der Waals surface area contributed by atoms with Gasteiger partial charge in [0.2, 0.25) is 0 Å². The first-order valence-electron chi connectivity index (χ1n) is 0. The summed E-state index contributed by atoms with van der Waals surface area (Å²) in [4.78, 5) is 0. The molecule has 0 atom stereocenters. The van der Waals surface area contributed by atoms with Crippen LogP contribution in [0.15, 0.2) is 0 Å². The Bertz CT molecular complexity index is 4.85. The van der Waals surface area contributed by atoms with Crippen molar-refractivity contribution in [1.82, 2.24) is 0 Å². The van der Waals surface area contributed by atoms with Gasteiger partial charge in [-0.1, -0.05) is 0 Å². The van der Waals surface area contributed by atoms with E-state index < -0.39 is 0 Å². The van der Waals surface area contributed by atoms with Gasteiger partial charge < -0.3 is 0 Å². The van der Waals surface area contributed by atoms with Crippen molar-refractivity contribution in [2.24, 2.45) is 0 Å². The van der Waals surface area contributed by atoms with E-state index in [0.29, 0.717) is 0 Å². The summed E-state index contributed by atoms with van der Waals surface area (Å²) in [5.74, 6) is 0. The van der Waals surface area contributed by atoms with E-state index in [1.54, 1.807) is 0 Å². The van der Waals surface area contributed by atoms with E-state index >= 15 is 0 Å². The van der Waals surface area contributed by atoms with Crippen LogP contribution in [0, 0.1) is 0 Å². The molecule has 0 aliphatic carbocycles. The number of halogens is 3. The van der Waals surface area contributed by atoms with Gasteiger partial charge in [0, 0.05) is 0 Å². The van der Waals surface area contributed by atoms with E-state index in [0.717, 1.165) is 0 Å². The fourth-order valence-electron chi connectivity index (χ4n) is 0. The van der Waals surface area contributed by atoms with Crippen LogP contribution in [0.5, 0.6) is 0 Å². The van der Waals surface area contributed by atoms with Gasteiger partial charge in [-0.25, -0.2) is 0 Å². The summed E-state index contributed by atoms with van der Waals surface area (Å²) >= 11 is 0. The molecule has 0 rings (SSSR count). The number of rotatable bonds is 0. The van der Waals surface area contributed by atoms with Crippen LogP contribution < -0.4 is 0 Å². The van der Waals surface area contributed by atoms with E-state index in [1.165, 1.54) is 0 Å². The van der Waals surface area contributed by atoms with Gasteiger partial charge in [-0.3, -0.25) is 0 Å². The summed E-state index contributed by atoms with van der Waals surface area (Å²) in [6.45, 7) is 0. The topological polar surface area (TPSA) is 0 Å². The molecule has 0 heterocycles. The van der Waals surface area contributed by atoms with Crippen LogP contribution >= 0.6 is 37.2 Å². The maximum atomic E-state index is 0. The molecular weight excluding hydrogens is 246 g/mol. The molecule has 0 aliphatic heterocycles. The van der Waals surface area contributed by atoms with E-state index in [1.807, 2.05) is 0 Å². The first-order valence-corrected chi connectivity index (χ1v) is 0. The van der Waals surface area contributed by atoms with Crippen molar-refractivity contribution in [3.63, 3.8) is 0 Å². The predicted octanol–water partition coefficient (Wildman–Crippen LogP) is -1.10. The van der Waals surface area contributed by atoms with E-state index in [9.17, 15) is 0 Å².